The quantitative estimate of drug-likeness (QED) is 0.0189. The molecule has 5 aliphatic heterocycles. The van der Waals surface area contributed by atoms with E-state index in [1.54, 1.807) is 43.5 Å². The molecule has 14 rings (SSSR count). The minimum atomic E-state index is -0.973. The van der Waals surface area contributed by atoms with Gasteiger partial charge in [0.2, 0.25) is 23.8 Å². The van der Waals surface area contributed by atoms with Gasteiger partial charge >= 0.3 is 29.3 Å². The molecule has 31 nitrogen and oxygen atoms in total. The molecule has 1 fully saturated rings. The number of hydrogen-bond donors (Lipinski definition) is 9. The Kier molecular flexibility index (Phi) is 29.1. The first-order chi connectivity index (χ1) is 55.9. The first-order valence-electron chi connectivity index (χ1n) is 40.4. The third-order valence-electron chi connectivity index (χ3n) is 20.8. The summed E-state index contributed by atoms with van der Waals surface area (Å²) >= 11 is 0. The maximum absolute atomic E-state index is 13.2. The Labute approximate surface area is 675 Å². The molecule has 0 bridgehead atoms. The maximum Gasteiger partial charge on any atom is 0.328 e. The number of nitrogens with zero attached hydrogens (tertiary/aromatic N) is 12. The van der Waals surface area contributed by atoms with Gasteiger partial charge in [0.25, 0.3) is 0 Å². The number of aromatic nitrogens is 10. The summed E-state index contributed by atoms with van der Waals surface area (Å²) in [4.78, 5) is 105. The van der Waals surface area contributed by atoms with E-state index < -0.39 is 29.4 Å². The van der Waals surface area contributed by atoms with E-state index in [4.69, 9.17) is 36.1 Å². The van der Waals surface area contributed by atoms with Gasteiger partial charge in [-0.15, -0.1) is 0 Å². The Balaban J connectivity index is 0.000000159. The van der Waals surface area contributed by atoms with Crippen LogP contribution in [0.5, 0.6) is 23.0 Å². The topological polar surface area (TPSA) is 410 Å². The van der Waals surface area contributed by atoms with Gasteiger partial charge in [-0.1, -0.05) is 83.1 Å². The highest BCUT2D eigenvalue weighted by Crippen LogP contribution is 2.37. The van der Waals surface area contributed by atoms with Crippen LogP contribution in [-0.2, 0) is 72.4 Å². The van der Waals surface area contributed by atoms with Crippen molar-refractivity contribution in [3.63, 3.8) is 0 Å². The molecule has 5 aliphatic rings. The standard InChI is InChI=1S/C28H38N6O3.C23H30N6O4.C23H28N6O4.C11H15NO/c1-6-22(20-11-10-19-12-16-37-23(19)17-20)34-15-14-33(27(34)36)13-8-9-21-18-24(31-25(35)28(3,4)5)32-26(30-21)29-7-2;2*1-2-25-22-26-17(13-20(24)27-22)4-3-8-28-9-10-29(23(28)32)18(14-21(30)31)16-6-5-15-7-11-33-19(15)12-16;1-2-10(12)9-4-3-8-5-6-13-11(8)7-9/h10-11,14-15,17-18,22H,6-9,12-13,16H2,1-5H3,(H2,29,30,31,32,35);5-6,12-13,18H,2-4,7-11,14H2,1H3,(H,30,31)(H3,24,25,26,27);5-6,9-10,12-13,18H,2-4,7-8,11,14H2,1H3,(H,30,31)(H3,24,25,26,27);3-4,7,10H,2,5-6,12H2,1H3. The van der Waals surface area contributed by atoms with Crippen molar-refractivity contribution >= 4 is 59.2 Å². The number of amides is 3. The largest absolute Gasteiger partial charge is 0.493 e. The Morgan fingerprint density at radius 1 is 0.483 bits per heavy atom. The Hall–Kier alpha value is -12.0. The molecule has 0 aliphatic carbocycles. The molecule has 4 atom stereocenters. The molecular weight excluding hydrogens is 1480 g/mol. The molecule has 31 heteroatoms. The van der Waals surface area contributed by atoms with Crippen LogP contribution in [0.1, 0.15) is 186 Å². The van der Waals surface area contributed by atoms with Crippen molar-refractivity contribution in [1.82, 2.24) is 58.0 Å². The number of carbonyl (C=O) groups excluding carboxylic acids is 2. The van der Waals surface area contributed by atoms with Crippen molar-refractivity contribution in [3.05, 3.63) is 198 Å². The summed E-state index contributed by atoms with van der Waals surface area (Å²) in [7, 11) is 0. The molecule has 10 heterocycles. The lowest BCUT2D eigenvalue weighted by Crippen LogP contribution is -2.36. The molecule has 3 amide bonds. The van der Waals surface area contributed by atoms with E-state index >= 15 is 0 Å². The molecule has 4 aromatic carbocycles. The van der Waals surface area contributed by atoms with Gasteiger partial charge in [0.15, 0.2) is 0 Å². The molecule has 4 unspecified atom stereocenters. The fourth-order valence-electron chi connectivity index (χ4n) is 14.6. The number of benzene rings is 4. The number of anilines is 6. The lowest BCUT2D eigenvalue weighted by atomic mass is 9.96. The van der Waals surface area contributed by atoms with Crippen molar-refractivity contribution < 1.29 is 48.3 Å². The summed E-state index contributed by atoms with van der Waals surface area (Å²) in [6, 6.07) is 28.2. The highest BCUT2D eigenvalue weighted by atomic mass is 16.5. The molecule has 116 heavy (non-hydrogen) atoms. The molecule has 0 radical (unpaired) electrons. The van der Waals surface area contributed by atoms with E-state index in [0.717, 1.165) is 132 Å². The van der Waals surface area contributed by atoms with Gasteiger partial charge in [0.1, 0.15) is 40.5 Å². The highest BCUT2D eigenvalue weighted by molar-refractivity contribution is 5.93. The van der Waals surface area contributed by atoms with Crippen molar-refractivity contribution in [3.8, 4) is 23.0 Å². The molecule has 12 N–H and O–H groups in total. The first kappa shape index (κ1) is 84.9. The lowest BCUT2D eigenvalue weighted by molar-refractivity contribution is -0.139. The zero-order chi connectivity index (χ0) is 82.6. The number of carbonyl (C=O) groups is 4. The number of nitrogens with one attached hydrogen (secondary N) is 4. The van der Waals surface area contributed by atoms with Crippen LogP contribution in [0.3, 0.4) is 0 Å². The predicted molar refractivity (Wildman–Crippen MR) is 445 cm³/mol. The zero-order valence-corrected chi connectivity index (χ0v) is 67.7. The molecule has 9 aromatic rings. The van der Waals surface area contributed by atoms with Crippen molar-refractivity contribution in [2.75, 3.05) is 98.4 Å². The monoisotopic (exact) mass is 1590 g/mol. The van der Waals surface area contributed by atoms with E-state index in [0.29, 0.717) is 127 Å². The second kappa shape index (κ2) is 39.8. The SMILES string of the molecule is CCC(N)c1ccc2c(c1)OCC2.CCNc1nc(CCCn2ccn(C(CC)c3ccc4c(c3)OCC4)c2=O)cc(NC(=O)C(C)(C)C)n1.CCNc1nc(N)cc(CCCN2CCN(C(CC(=O)O)c3ccc4c(c3)OCC4)C2=O)n1.CCNc1nc(N)cc(CCCn2ccn(C(CC(=O)O)c3ccc4c(c3)OCC4)c2=O)n1. The number of imidazole rings is 2. The number of urea groups is 1. The van der Waals surface area contributed by atoms with Gasteiger partial charge in [-0.25, -0.2) is 29.3 Å². The fourth-order valence-corrected chi connectivity index (χ4v) is 14.6. The average molecular weight is 1590 g/mol. The van der Waals surface area contributed by atoms with Crippen molar-refractivity contribution in [2.24, 2.45) is 11.1 Å². The summed E-state index contributed by atoms with van der Waals surface area (Å²) in [5.41, 5.74) is 27.8. The van der Waals surface area contributed by atoms with Gasteiger partial charge in [-0.2, -0.15) is 15.0 Å². The lowest BCUT2D eigenvalue weighted by Gasteiger charge is -2.27. The number of rotatable bonds is 32. The smallest absolute Gasteiger partial charge is 0.328 e. The second-order valence-electron chi connectivity index (χ2n) is 30.2. The number of hydrogen-bond acceptors (Lipinski definition) is 22. The van der Waals surface area contributed by atoms with E-state index in [2.05, 4.69) is 101 Å². The highest BCUT2D eigenvalue weighted by Gasteiger charge is 2.36. The average Bonchev–Trinajstić information content (AvgIpc) is 1.68. The van der Waals surface area contributed by atoms with Crippen LogP contribution in [-0.4, -0.2) is 158 Å². The zero-order valence-electron chi connectivity index (χ0n) is 67.7. The second-order valence-corrected chi connectivity index (χ2v) is 30.2. The third kappa shape index (κ3) is 22.3. The minimum Gasteiger partial charge on any atom is -0.493 e. The summed E-state index contributed by atoms with van der Waals surface area (Å²) in [6.07, 6.45) is 16.2. The number of nitrogens with two attached hydrogens (primary N) is 3. The Morgan fingerprint density at radius 2 is 0.879 bits per heavy atom. The number of nitrogen functional groups attached to an aromatic ring is 2. The van der Waals surface area contributed by atoms with E-state index in [-0.39, 0.29) is 48.2 Å². The number of fused-ring (bicyclic) bond motifs is 4. The molecular formula is C85H111N19O12. The van der Waals surface area contributed by atoms with Crippen LogP contribution in [0.25, 0.3) is 0 Å². The van der Waals surface area contributed by atoms with Crippen LogP contribution in [0.4, 0.5) is 40.1 Å². The number of carboxylic acids is 2. The molecule has 618 valence electrons. The molecule has 5 aromatic heterocycles. The maximum atomic E-state index is 13.2. The van der Waals surface area contributed by atoms with Gasteiger partial charge in [0, 0.05) is 150 Å². The van der Waals surface area contributed by atoms with Crippen molar-refractivity contribution in [1.29, 1.82) is 0 Å². The fraction of sp³-hybridized carbons (Fsp3) is 0.459. The third-order valence-corrected chi connectivity index (χ3v) is 20.8. The van der Waals surface area contributed by atoms with Crippen LogP contribution >= 0.6 is 0 Å². The molecule has 0 spiro atoms. The molecule has 1 saturated heterocycles. The molecule has 0 saturated carbocycles. The van der Waals surface area contributed by atoms with Gasteiger partial charge < -0.3 is 77.4 Å². The van der Waals surface area contributed by atoms with Gasteiger partial charge in [0.05, 0.1) is 57.4 Å². The van der Waals surface area contributed by atoms with Crippen LogP contribution in [0.2, 0.25) is 0 Å². The van der Waals surface area contributed by atoms with Crippen LogP contribution < -0.4 is 68.8 Å². The van der Waals surface area contributed by atoms with E-state index in [1.807, 2.05) is 101 Å². The number of carboxylic acid groups (broad SMARTS) is 2. The minimum absolute atomic E-state index is 0.0255. The van der Waals surface area contributed by atoms with Gasteiger partial charge in [-0.3, -0.25) is 32.7 Å². The van der Waals surface area contributed by atoms with Crippen molar-refractivity contribution in [2.45, 2.75) is 183 Å². The first-order valence-corrected chi connectivity index (χ1v) is 40.4. The number of aryl methyl sites for hydroxylation is 5. The van der Waals surface area contributed by atoms with E-state index in [9.17, 15) is 39.0 Å². The predicted octanol–water partition coefficient (Wildman–Crippen LogP) is 10.9. The Morgan fingerprint density at radius 3 is 1.31 bits per heavy atom. The van der Waals surface area contributed by atoms with Crippen LogP contribution in [0, 0.1) is 5.41 Å². The summed E-state index contributed by atoms with van der Waals surface area (Å²) < 4.78 is 29.1. The summed E-state index contributed by atoms with van der Waals surface area (Å²) in [6.45, 7) is 23.2. The van der Waals surface area contributed by atoms with Gasteiger partial charge in [-0.05, 0) is 141 Å². The summed E-state index contributed by atoms with van der Waals surface area (Å²) in [5, 5.41) is 31.1. The Bertz CT molecular complexity index is 5010. The normalized spacial score (nSPS) is 14.5. The van der Waals surface area contributed by atoms with E-state index in [1.165, 1.54) is 21.3 Å². The number of aliphatic carboxylic acids is 2. The number of ether oxygens (including phenoxy) is 4. The summed E-state index contributed by atoms with van der Waals surface area (Å²) in [5.74, 6) is 4.26. The van der Waals surface area contributed by atoms with Crippen LogP contribution in [0.15, 0.2) is 125 Å².